The van der Waals surface area contributed by atoms with Gasteiger partial charge in [-0.1, -0.05) is 25.0 Å². The van der Waals surface area contributed by atoms with Crippen molar-refractivity contribution in [2.45, 2.75) is 44.1 Å². The first-order valence-electron chi connectivity index (χ1n) is 6.83. The normalized spacial score (nSPS) is 17.4. The van der Waals surface area contributed by atoms with Crippen molar-refractivity contribution in [1.29, 1.82) is 0 Å². The molecular weight excluding hydrogens is 242 g/mol. The van der Waals surface area contributed by atoms with Crippen molar-refractivity contribution in [3.8, 4) is 0 Å². The highest BCUT2D eigenvalue weighted by atomic mass is 16.3. The van der Waals surface area contributed by atoms with Crippen LogP contribution in [0.2, 0.25) is 0 Å². The molecule has 19 heavy (non-hydrogen) atoms. The van der Waals surface area contributed by atoms with Crippen molar-refractivity contribution >= 4 is 11.6 Å². The molecule has 1 amide bonds. The smallest absolute Gasteiger partial charge is 0.227 e. The fraction of sp³-hybridized carbons (Fsp3) is 0.533. The highest BCUT2D eigenvalue weighted by molar-refractivity contribution is 5.91. The summed E-state index contributed by atoms with van der Waals surface area (Å²) in [5.41, 5.74) is 0.962. The highest BCUT2D eigenvalue weighted by Crippen LogP contribution is 2.32. The molecule has 4 nitrogen and oxygen atoms in total. The van der Waals surface area contributed by atoms with E-state index in [1.165, 1.54) is 0 Å². The minimum atomic E-state index is -0.805. The fourth-order valence-corrected chi connectivity index (χ4v) is 2.60. The molecule has 2 rings (SSSR count). The Labute approximate surface area is 113 Å². The van der Waals surface area contributed by atoms with E-state index in [1.54, 1.807) is 0 Å². The number of anilines is 1. The third kappa shape index (κ3) is 4.04. The molecule has 1 aromatic rings. The van der Waals surface area contributed by atoms with E-state index in [-0.39, 0.29) is 18.9 Å². The predicted molar refractivity (Wildman–Crippen MR) is 73.9 cm³/mol. The van der Waals surface area contributed by atoms with Gasteiger partial charge in [0.25, 0.3) is 0 Å². The molecule has 0 aliphatic heterocycles. The Morgan fingerprint density at radius 2 is 1.84 bits per heavy atom. The lowest BCUT2D eigenvalue weighted by Gasteiger charge is -2.21. The van der Waals surface area contributed by atoms with Crippen LogP contribution in [0.1, 0.15) is 37.7 Å². The first kappa shape index (κ1) is 14.0. The summed E-state index contributed by atoms with van der Waals surface area (Å²) in [7, 11) is 0. The molecule has 1 fully saturated rings. The van der Waals surface area contributed by atoms with Crippen molar-refractivity contribution in [1.82, 2.24) is 0 Å². The number of aliphatic hydroxyl groups is 2. The average Bonchev–Trinajstić information content (AvgIpc) is 2.78. The topological polar surface area (TPSA) is 69.6 Å². The molecule has 3 N–H and O–H groups in total. The second kappa shape index (κ2) is 6.17. The zero-order valence-electron chi connectivity index (χ0n) is 11.1. The number of carbonyl (C=O) groups is 1. The van der Waals surface area contributed by atoms with E-state index in [0.717, 1.165) is 36.9 Å². The van der Waals surface area contributed by atoms with Gasteiger partial charge in [-0.2, -0.15) is 0 Å². The van der Waals surface area contributed by atoms with Crippen LogP contribution in [0.15, 0.2) is 24.3 Å². The van der Waals surface area contributed by atoms with Gasteiger partial charge in [-0.15, -0.1) is 0 Å². The van der Waals surface area contributed by atoms with E-state index in [0.29, 0.717) is 6.42 Å². The van der Waals surface area contributed by atoms with Gasteiger partial charge in [-0.3, -0.25) is 4.79 Å². The van der Waals surface area contributed by atoms with Crippen LogP contribution in [-0.2, 0) is 11.2 Å². The predicted octanol–water partition coefficient (Wildman–Crippen LogP) is 1.86. The van der Waals surface area contributed by atoms with Crippen LogP contribution >= 0.6 is 0 Å². The number of amides is 1. The molecule has 1 aromatic carbocycles. The standard InChI is InChI=1S/C15H21NO3/c17-10-7-12-3-5-13(6-4-12)16-14(18)11-15(19)8-1-2-9-15/h3-6,17,19H,1-2,7-11H2,(H,16,18). The van der Waals surface area contributed by atoms with Crippen molar-refractivity contribution in [2.24, 2.45) is 0 Å². The largest absolute Gasteiger partial charge is 0.396 e. The van der Waals surface area contributed by atoms with Crippen LogP contribution in [0, 0.1) is 0 Å². The molecule has 1 aliphatic rings. The molecule has 0 radical (unpaired) electrons. The SMILES string of the molecule is O=C(CC1(O)CCCC1)Nc1ccc(CCO)cc1. The van der Waals surface area contributed by atoms with Crippen molar-refractivity contribution < 1.29 is 15.0 Å². The van der Waals surface area contributed by atoms with Crippen LogP contribution < -0.4 is 5.32 Å². The number of carbonyl (C=O) groups excluding carboxylic acids is 1. The second-order valence-electron chi connectivity index (χ2n) is 5.33. The van der Waals surface area contributed by atoms with Crippen LogP contribution in [-0.4, -0.2) is 28.3 Å². The number of nitrogens with one attached hydrogen (secondary N) is 1. The fourth-order valence-electron chi connectivity index (χ4n) is 2.60. The molecule has 0 bridgehead atoms. The zero-order chi connectivity index (χ0) is 13.7. The molecule has 0 spiro atoms. The average molecular weight is 263 g/mol. The Morgan fingerprint density at radius 3 is 2.42 bits per heavy atom. The van der Waals surface area contributed by atoms with Crippen LogP contribution in [0.4, 0.5) is 5.69 Å². The lowest BCUT2D eigenvalue weighted by Crippen LogP contribution is -2.30. The summed E-state index contributed by atoms with van der Waals surface area (Å²) in [4.78, 5) is 11.9. The van der Waals surface area contributed by atoms with Crippen molar-refractivity contribution in [3.63, 3.8) is 0 Å². The number of hydrogen-bond acceptors (Lipinski definition) is 3. The van der Waals surface area contributed by atoms with E-state index in [2.05, 4.69) is 5.32 Å². The zero-order valence-corrected chi connectivity index (χ0v) is 11.1. The number of benzene rings is 1. The Balaban J connectivity index is 1.87. The summed E-state index contributed by atoms with van der Waals surface area (Å²) in [5, 5.41) is 21.8. The Kier molecular flexibility index (Phi) is 4.56. The summed E-state index contributed by atoms with van der Waals surface area (Å²) in [5.74, 6) is -0.140. The highest BCUT2D eigenvalue weighted by Gasteiger charge is 2.33. The molecule has 4 heteroatoms. The maximum absolute atomic E-state index is 11.9. The number of aliphatic hydroxyl groups excluding tert-OH is 1. The minimum absolute atomic E-state index is 0.124. The quantitative estimate of drug-likeness (QED) is 0.759. The Hall–Kier alpha value is -1.39. The third-order valence-electron chi connectivity index (χ3n) is 3.66. The van der Waals surface area contributed by atoms with E-state index in [4.69, 9.17) is 5.11 Å². The van der Waals surface area contributed by atoms with Crippen molar-refractivity contribution in [2.75, 3.05) is 11.9 Å². The maximum Gasteiger partial charge on any atom is 0.227 e. The second-order valence-corrected chi connectivity index (χ2v) is 5.33. The molecule has 1 aliphatic carbocycles. The monoisotopic (exact) mass is 263 g/mol. The van der Waals surface area contributed by atoms with Gasteiger partial charge >= 0.3 is 0 Å². The molecular formula is C15H21NO3. The maximum atomic E-state index is 11.9. The van der Waals surface area contributed by atoms with Crippen LogP contribution in [0.5, 0.6) is 0 Å². The van der Waals surface area contributed by atoms with Crippen LogP contribution in [0.3, 0.4) is 0 Å². The van der Waals surface area contributed by atoms with Gasteiger partial charge in [-0.25, -0.2) is 0 Å². The van der Waals surface area contributed by atoms with E-state index in [1.807, 2.05) is 24.3 Å². The van der Waals surface area contributed by atoms with E-state index in [9.17, 15) is 9.90 Å². The summed E-state index contributed by atoms with van der Waals surface area (Å²) in [6.07, 6.45) is 4.23. The molecule has 0 atom stereocenters. The van der Waals surface area contributed by atoms with Crippen LogP contribution in [0.25, 0.3) is 0 Å². The first-order chi connectivity index (χ1) is 9.11. The molecule has 1 saturated carbocycles. The molecule has 104 valence electrons. The summed E-state index contributed by atoms with van der Waals surface area (Å²) >= 11 is 0. The Bertz CT molecular complexity index is 422. The third-order valence-corrected chi connectivity index (χ3v) is 3.66. The van der Waals surface area contributed by atoms with Gasteiger partial charge in [0.15, 0.2) is 0 Å². The summed E-state index contributed by atoms with van der Waals surface area (Å²) < 4.78 is 0. The van der Waals surface area contributed by atoms with Gasteiger partial charge in [0.2, 0.25) is 5.91 Å². The van der Waals surface area contributed by atoms with Gasteiger partial charge in [-0.05, 0) is 37.0 Å². The minimum Gasteiger partial charge on any atom is -0.396 e. The van der Waals surface area contributed by atoms with Gasteiger partial charge < -0.3 is 15.5 Å². The Morgan fingerprint density at radius 1 is 1.21 bits per heavy atom. The molecule has 0 heterocycles. The van der Waals surface area contributed by atoms with Gasteiger partial charge in [0.1, 0.15) is 0 Å². The number of rotatable bonds is 5. The summed E-state index contributed by atoms with van der Waals surface area (Å²) in [6.45, 7) is 0.124. The number of hydrogen-bond donors (Lipinski definition) is 3. The van der Waals surface area contributed by atoms with Gasteiger partial charge in [0.05, 0.1) is 12.0 Å². The molecule has 0 aromatic heterocycles. The van der Waals surface area contributed by atoms with E-state index >= 15 is 0 Å². The summed E-state index contributed by atoms with van der Waals surface area (Å²) in [6, 6.07) is 7.41. The first-order valence-corrected chi connectivity index (χ1v) is 6.83. The van der Waals surface area contributed by atoms with Crippen molar-refractivity contribution in [3.05, 3.63) is 29.8 Å². The van der Waals surface area contributed by atoms with E-state index < -0.39 is 5.60 Å². The lowest BCUT2D eigenvalue weighted by molar-refractivity contribution is -0.120. The van der Waals surface area contributed by atoms with Gasteiger partial charge in [0, 0.05) is 12.3 Å². The molecule has 0 unspecified atom stereocenters. The molecule has 0 saturated heterocycles. The lowest BCUT2D eigenvalue weighted by atomic mass is 9.97.